The lowest BCUT2D eigenvalue weighted by Crippen LogP contribution is -2.01. The fraction of sp³-hybridized carbons (Fsp3) is 0.125. The summed E-state index contributed by atoms with van der Waals surface area (Å²) in [6, 6.07) is 16.7. The van der Waals surface area contributed by atoms with Gasteiger partial charge in [-0.15, -0.1) is 0 Å². The van der Waals surface area contributed by atoms with E-state index in [2.05, 4.69) is 26.4 Å². The van der Waals surface area contributed by atoms with Crippen LogP contribution in [0.1, 0.15) is 11.3 Å². The molecule has 32 heavy (non-hydrogen) atoms. The van der Waals surface area contributed by atoms with Gasteiger partial charge in [-0.25, -0.2) is 9.37 Å². The van der Waals surface area contributed by atoms with Gasteiger partial charge in [-0.3, -0.25) is 9.67 Å². The number of pyridine rings is 1. The number of H-pyrrole nitrogens is 1. The van der Waals surface area contributed by atoms with E-state index >= 15 is 0 Å². The van der Waals surface area contributed by atoms with Gasteiger partial charge in [0.2, 0.25) is 5.95 Å². The number of rotatable bonds is 5. The first-order chi connectivity index (χ1) is 15.5. The quantitative estimate of drug-likeness (QED) is 0.361. The first kappa shape index (κ1) is 20.2. The average Bonchev–Trinajstić information content (AvgIpc) is 3.38. The lowest BCUT2D eigenvalue weighted by Gasteiger charge is -2.04. The molecular weight excluding hydrogens is 427 g/mol. The number of nitrogens with zero attached hydrogens (tertiary/aromatic N) is 4. The van der Waals surface area contributed by atoms with Crippen molar-refractivity contribution in [2.45, 2.75) is 13.5 Å². The van der Waals surface area contributed by atoms with E-state index in [9.17, 15) is 4.39 Å². The van der Waals surface area contributed by atoms with Crippen LogP contribution in [0.5, 0.6) is 0 Å². The molecule has 0 atom stereocenters. The Hall–Kier alpha value is -3.71. The van der Waals surface area contributed by atoms with Crippen molar-refractivity contribution >= 4 is 28.5 Å². The highest BCUT2D eigenvalue weighted by molar-refractivity contribution is 6.30. The van der Waals surface area contributed by atoms with E-state index in [0.717, 1.165) is 44.8 Å². The van der Waals surface area contributed by atoms with E-state index in [-0.39, 0.29) is 5.02 Å². The summed E-state index contributed by atoms with van der Waals surface area (Å²) in [5, 5.41) is 8.71. The summed E-state index contributed by atoms with van der Waals surface area (Å²) >= 11 is 5.79. The van der Waals surface area contributed by atoms with Crippen LogP contribution in [-0.4, -0.2) is 24.7 Å². The Balaban J connectivity index is 1.54. The summed E-state index contributed by atoms with van der Waals surface area (Å²) in [6.45, 7) is 2.35. The van der Waals surface area contributed by atoms with E-state index < -0.39 is 5.82 Å². The molecule has 3 heterocycles. The maximum atomic E-state index is 13.8. The molecule has 0 radical (unpaired) electrons. The second-order valence-electron chi connectivity index (χ2n) is 7.62. The zero-order chi connectivity index (χ0) is 22.2. The van der Waals surface area contributed by atoms with E-state index in [0.29, 0.717) is 12.5 Å². The first-order valence-electron chi connectivity index (χ1n) is 10.1. The minimum atomic E-state index is -0.444. The lowest BCUT2D eigenvalue weighted by atomic mass is 10.1. The summed E-state index contributed by atoms with van der Waals surface area (Å²) in [7, 11) is 1.92. The molecule has 0 saturated carbocycles. The number of anilines is 1. The summed E-state index contributed by atoms with van der Waals surface area (Å²) in [5.41, 5.74) is 6.05. The molecule has 0 saturated heterocycles. The number of imidazole rings is 1. The van der Waals surface area contributed by atoms with Gasteiger partial charge in [0.1, 0.15) is 5.82 Å². The molecule has 8 heteroatoms. The third-order valence-corrected chi connectivity index (χ3v) is 5.62. The van der Waals surface area contributed by atoms with Gasteiger partial charge in [-0.05, 0) is 48.9 Å². The molecule has 0 bridgehead atoms. The minimum absolute atomic E-state index is 0.104. The molecule has 0 spiro atoms. The molecule has 2 aromatic carbocycles. The maximum Gasteiger partial charge on any atom is 0.201 e. The molecule has 5 aromatic rings. The average molecular weight is 447 g/mol. The Morgan fingerprint density at radius 1 is 1.09 bits per heavy atom. The second kappa shape index (κ2) is 8.09. The number of aryl methyl sites for hydroxylation is 2. The van der Waals surface area contributed by atoms with E-state index in [1.165, 1.54) is 6.07 Å². The van der Waals surface area contributed by atoms with Crippen LogP contribution >= 0.6 is 11.6 Å². The second-order valence-corrected chi connectivity index (χ2v) is 8.02. The smallest absolute Gasteiger partial charge is 0.201 e. The van der Waals surface area contributed by atoms with Gasteiger partial charge in [0, 0.05) is 30.2 Å². The molecule has 0 fully saturated rings. The maximum absolute atomic E-state index is 13.8. The van der Waals surface area contributed by atoms with Crippen LogP contribution in [0.25, 0.3) is 33.5 Å². The fourth-order valence-electron chi connectivity index (χ4n) is 3.68. The molecule has 6 nitrogen and oxygen atoms in total. The van der Waals surface area contributed by atoms with Crippen molar-refractivity contribution in [1.82, 2.24) is 24.7 Å². The van der Waals surface area contributed by atoms with Crippen molar-refractivity contribution in [1.29, 1.82) is 0 Å². The number of aromatic nitrogens is 5. The largest absolute Gasteiger partial charge is 0.352 e. The van der Waals surface area contributed by atoms with E-state index in [1.54, 1.807) is 12.1 Å². The predicted molar refractivity (Wildman–Crippen MR) is 125 cm³/mol. The highest BCUT2D eigenvalue weighted by Gasteiger charge is 2.16. The summed E-state index contributed by atoms with van der Waals surface area (Å²) < 4.78 is 15.6. The molecule has 2 N–H and O–H groups in total. The van der Waals surface area contributed by atoms with Gasteiger partial charge in [-0.2, -0.15) is 5.10 Å². The number of aromatic amines is 1. The number of benzene rings is 2. The monoisotopic (exact) mass is 446 g/mol. The molecule has 160 valence electrons. The third-order valence-electron chi connectivity index (χ3n) is 5.31. The highest BCUT2D eigenvalue weighted by Crippen LogP contribution is 2.32. The van der Waals surface area contributed by atoms with Crippen molar-refractivity contribution in [3.8, 4) is 22.6 Å². The number of hydrogen-bond acceptors (Lipinski definition) is 4. The SMILES string of the molecule is Cc1cccc(-c2[nH]c(NCc3ccc(Cl)c(F)c3)nc2-c2ccc3c(cnn3C)c2)n1. The Morgan fingerprint density at radius 2 is 1.97 bits per heavy atom. The highest BCUT2D eigenvalue weighted by atomic mass is 35.5. The fourth-order valence-corrected chi connectivity index (χ4v) is 3.80. The Morgan fingerprint density at radius 3 is 2.78 bits per heavy atom. The number of halogens is 2. The van der Waals surface area contributed by atoms with Crippen LogP contribution in [0.2, 0.25) is 5.02 Å². The minimum Gasteiger partial charge on any atom is -0.352 e. The molecule has 0 amide bonds. The zero-order valence-corrected chi connectivity index (χ0v) is 18.3. The van der Waals surface area contributed by atoms with Gasteiger partial charge >= 0.3 is 0 Å². The molecule has 3 aromatic heterocycles. The van der Waals surface area contributed by atoms with Crippen molar-refractivity contribution in [3.63, 3.8) is 0 Å². The van der Waals surface area contributed by atoms with Gasteiger partial charge in [0.15, 0.2) is 0 Å². The van der Waals surface area contributed by atoms with Crippen molar-refractivity contribution in [3.05, 3.63) is 82.9 Å². The third kappa shape index (κ3) is 3.83. The van der Waals surface area contributed by atoms with Crippen LogP contribution in [0.3, 0.4) is 0 Å². The van der Waals surface area contributed by atoms with E-state index in [4.69, 9.17) is 16.6 Å². The Kier molecular flexibility index (Phi) is 5.11. The topological polar surface area (TPSA) is 71.4 Å². The lowest BCUT2D eigenvalue weighted by molar-refractivity contribution is 0.626. The van der Waals surface area contributed by atoms with Crippen molar-refractivity contribution < 1.29 is 4.39 Å². The standard InChI is InChI=1S/C24H20ClFN6/c1-14-4-3-5-20(29-14)23-22(16-7-9-21-17(11-16)13-28-32(21)2)30-24(31-23)27-12-15-6-8-18(25)19(26)10-15/h3-11,13H,12H2,1-2H3,(H2,27,30,31). The van der Waals surface area contributed by atoms with Crippen molar-refractivity contribution in [2.24, 2.45) is 7.05 Å². The summed E-state index contributed by atoms with van der Waals surface area (Å²) in [5.74, 6) is 0.125. The number of fused-ring (bicyclic) bond motifs is 1. The van der Waals surface area contributed by atoms with Crippen LogP contribution < -0.4 is 5.32 Å². The molecular formula is C24H20ClFN6. The van der Waals surface area contributed by atoms with Gasteiger partial charge < -0.3 is 10.3 Å². The van der Waals surface area contributed by atoms with Gasteiger partial charge in [-0.1, -0.05) is 29.8 Å². The Labute approximate surface area is 189 Å². The molecule has 0 unspecified atom stereocenters. The predicted octanol–water partition coefficient (Wildman–Crippen LogP) is 5.74. The summed E-state index contributed by atoms with van der Waals surface area (Å²) in [6.07, 6.45) is 1.84. The summed E-state index contributed by atoms with van der Waals surface area (Å²) in [4.78, 5) is 12.8. The van der Waals surface area contributed by atoms with Crippen LogP contribution in [0.15, 0.2) is 60.8 Å². The molecule has 0 aliphatic rings. The van der Waals surface area contributed by atoms with Crippen LogP contribution in [0, 0.1) is 12.7 Å². The van der Waals surface area contributed by atoms with Crippen molar-refractivity contribution in [2.75, 3.05) is 5.32 Å². The van der Waals surface area contributed by atoms with E-state index in [1.807, 2.05) is 55.2 Å². The first-order valence-corrected chi connectivity index (χ1v) is 10.5. The number of nitrogens with one attached hydrogen (secondary N) is 2. The molecule has 5 rings (SSSR count). The zero-order valence-electron chi connectivity index (χ0n) is 17.5. The number of hydrogen-bond donors (Lipinski definition) is 2. The van der Waals surface area contributed by atoms with Gasteiger partial charge in [0.05, 0.1) is 33.8 Å². The van der Waals surface area contributed by atoms with Crippen LogP contribution in [0.4, 0.5) is 10.3 Å². The van der Waals surface area contributed by atoms with Gasteiger partial charge in [0.25, 0.3) is 0 Å². The molecule has 0 aliphatic carbocycles. The normalized spacial score (nSPS) is 11.2. The molecule has 0 aliphatic heterocycles. The van der Waals surface area contributed by atoms with Crippen LogP contribution in [-0.2, 0) is 13.6 Å². The Bertz CT molecular complexity index is 1440.